The van der Waals surface area contributed by atoms with Gasteiger partial charge >= 0.3 is 0 Å². The van der Waals surface area contributed by atoms with Crippen molar-refractivity contribution in [2.24, 2.45) is 0 Å². The Hall–Kier alpha value is -2.75. The molecule has 0 bridgehead atoms. The molecule has 5 heteroatoms. The van der Waals surface area contributed by atoms with Gasteiger partial charge in [0.2, 0.25) is 0 Å². The standard InChI is InChI=1S/C23H20NO.C5H8O2.Ir/c1-14-8-9-15(2)20-17(14)10-11-18-19-12-13-24-21(23(19)25-22(18)20)16-6-4-3-5-7-16;1-4(6)3-5(2)7;/h3-6,10-15H,8-9H2,1-2H3;3,6H,1-2H3;/q-1;;/b;4-3-;. The van der Waals surface area contributed by atoms with Crippen LogP contribution in [-0.4, -0.2) is 15.9 Å². The number of aliphatic hydroxyl groups is 1. The largest absolute Gasteiger partial charge is 0.512 e. The summed E-state index contributed by atoms with van der Waals surface area (Å²) in [6.07, 6.45) is 5.52. The first-order valence-electron chi connectivity index (χ1n) is 11.1. The van der Waals surface area contributed by atoms with Crippen molar-refractivity contribution in [1.82, 2.24) is 4.98 Å². The summed E-state index contributed by atoms with van der Waals surface area (Å²) in [4.78, 5) is 14.6. The van der Waals surface area contributed by atoms with E-state index in [9.17, 15) is 4.79 Å². The second kappa shape index (κ2) is 10.5. The van der Waals surface area contributed by atoms with E-state index >= 15 is 0 Å². The Morgan fingerprint density at radius 2 is 1.79 bits per heavy atom. The van der Waals surface area contributed by atoms with Crippen LogP contribution in [0.15, 0.2) is 64.9 Å². The van der Waals surface area contributed by atoms with Crippen molar-refractivity contribution in [3.8, 4) is 11.3 Å². The summed E-state index contributed by atoms with van der Waals surface area (Å²) in [6, 6.07) is 17.8. The molecule has 2 atom stereocenters. The number of nitrogens with zero attached hydrogens (tertiary/aromatic N) is 1. The maximum absolute atomic E-state index is 10.0. The van der Waals surface area contributed by atoms with Crippen LogP contribution in [0.1, 0.15) is 63.5 Å². The van der Waals surface area contributed by atoms with Crippen molar-refractivity contribution in [2.75, 3.05) is 0 Å². The van der Waals surface area contributed by atoms with E-state index in [0.29, 0.717) is 11.8 Å². The third kappa shape index (κ3) is 5.10. The summed E-state index contributed by atoms with van der Waals surface area (Å²) in [5, 5.41) is 10.7. The minimum absolute atomic E-state index is 0. The number of rotatable bonds is 2. The van der Waals surface area contributed by atoms with Gasteiger partial charge in [-0.05, 0) is 50.2 Å². The van der Waals surface area contributed by atoms with E-state index < -0.39 is 0 Å². The number of benzene rings is 2. The molecular formula is C28H28IrNO3-. The normalized spacial score (nSPS) is 17.6. The topological polar surface area (TPSA) is 63.3 Å². The quantitative estimate of drug-likeness (QED) is 0.144. The SMILES string of the molecule is CC(=O)/C=C(/C)O.CC1CCC(C)c2c1ccc1c2oc2c(-c3[c-]cccc3)nccc21.[Ir]. The molecule has 0 spiro atoms. The zero-order valence-corrected chi connectivity index (χ0v) is 21.7. The maximum Gasteiger partial charge on any atom is 0.155 e. The van der Waals surface area contributed by atoms with Gasteiger partial charge in [-0.15, -0.1) is 35.9 Å². The molecule has 2 heterocycles. The van der Waals surface area contributed by atoms with E-state index in [-0.39, 0.29) is 31.6 Å². The molecule has 0 amide bonds. The molecule has 33 heavy (non-hydrogen) atoms. The van der Waals surface area contributed by atoms with Crippen LogP contribution in [0.3, 0.4) is 0 Å². The average Bonchev–Trinajstić information content (AvgIpc) is 3.15. The van der Waals surface area contributed by atoms with E-state index in [1.807, 2.05) is 30.5 Å². The number of ketones is 1. The van der Waals surface area contributed by atoms with Gasteiger partial charge < -0.3 is 14.5 Å². The van der Waals surface area contributed by atoms with Crippen LogP contribution in [0.2, 0.25) is 0 Å². The summed E-state index contributed by atoms with van der Waals surface area (Å²) in [5.41, 5.74) is 6.62. The first-order valence-corrected chi connectivity index (χ1v) is 11.1. The van der Waals surface area contributed by atoms with Crippen molar-refractivity contribution >= 4 is 27.7 Å². The van der Waals surface area contributed by atoms with Gasteiger partial charge in [0.1, 0.15) is 11.2 Å². The molecule has 4 aromatic rings. The van der Waals surface area contributed by atoms with Crippen molar-refractivity contribution in [3.05, 3.63) is 77.7 Å². The number of fused-ring (bicyclic) bond motifs is 5. The van der Waals surface area contributed by atoms with Gasteiger partial charge in [0.05, 0.1) is 5.76 Å². The summed E-state index contributed by atoms with van der Waals surface area (Å²) in [5.74, 6) is 1.08. The van der Waals surface area contributed by atoms with Gasteiger partial charge in [0, 0.05) is 54.4 Å². The summed E-state index contributed by atoms with van der Waals surface area (Å²) in [6.45, 7) is 7.49. The van der Waals surface area contributed by atoms with Crippen molar-refractivity contribution in [2.45, 2.75) is 52.4 Å². The Morgan fingerprint density at radius 3 is 2.42 bits per heavy atom. The van der Waals surface area contributed by atoms with Gasteiger partial charge in [-0.3, -0.25) is 4.79 Å². The number of aliphatic hydroxyl groups excluding tert-OH is 1. The van der Waals surface area contributed by atoms with E-state index in [1.165, 1.54) is 49.3 Å². The van der Waals surface area contributed by atoms with Gasteiger partial charge in [0.25, 0.3) is 0 Å². The summed E-state index contributed by atoms with van der Waals surface area (Å²) in [7, 11) is 0. The monoisotopic (exact) mass is 619 g/mol. The number of carbonyl (C=O) groups is 1. The number of pyridine rings is 1. The Bertz CT molecular complexity index is 1300. The molecule has 173 valence electrons. The first kappa shape index (κ1) is 24.9. The average molecular weight is 619 g/mol. The molecule has 0 saturated heterocycles. The molecule has 2 aromatic carbocycles. The van der Waals surface area contributed by atoms with Crippen molar-refractivity contribution < 1.29 is 34.4 Å². The molecule has 1 aliphatic carbocycles. The Balaban J connectivity index is 0.000000337. The molecular weight excluding hydrogens is 591 g/mol. The molecule has 1 N–H and O–H groups in total. The molecule has 2 aromatic heterocycles. The predicted octanol–water partition coefficient (Wildman–Crippen LogP) is 7.48. The van der Waals surface area contributed by atoms with Gasteiger partial charge in [-0.1, -0.05) is 26.0 Å². The maximum atomic E-state index is 10.0. The minimum Gasteiger partial charge on any atom is -0.512 e. The van der Waals surface area contributed by atoms with Crippen LogP contribution >= 0.6 is 0 Å². The molecule has 0 saturated carbocycles. The van der Waals surface area contributed by atoms with Crippen LogP contribution in [0.5, 0.6) is 0 Å². The Morgan fingerprint density at radius 1 is 1.06 bits per heavy atom. The molecule has 0 aliphatic heterocycles. The van der Waals surface area contributed by atoms with Crippen LogP contribution in [0.25, 0.3) is 33.2 Å². The number of hydrogen-bond acceptors (Lipinski definition) is 4. The molecule has 1 radical (unpaired) electrons. The van der Waals surface area contributed by atoms with Gasteiger partial charge in [-0.25, -0.2) is 0 Å². The van der Waals surface area contributed by atoms with Crippen molar-refractivity contribution in [3.63, 3.8) is 0 Å². The second-order valence-corrected chi connectivity index (χ2v) is 8.64. The molecule has 2 unspecified atom stereocenters. The second-order valence-electron chi connectivity index (χ2n) is 8.64. The third-order valence-corrected chi connectivity index (χ3v) is 6.06. The number of furan rings is 1. The minimum atomic E-state index is -0.125. The molecule has 0 fully saturated rings. The van der Waals surface area contributed by atoms with E-state index in [1.54, 1.807) is 0 Å². The smallest absolute Gasteiger partial charge is 0.155 e. The fraction of sp³-hybridized carbons (Fsp3) is 0.286. The summed E-state index contributed by atoms with van der Waals surface area (Å²) >= 11 is 0. The van der Waals surface area contributed by atoms with Crippen LogP contribution in [-0.2, 0) is 24.9 Å². The summed E-state index contributed by atoms with van der Waals surface area (Å²) < 4.78 is 6.47. The van der Waals surface area contributed by atoms with Gasteiger partial charge in [-0.2, -0.15) is 0 Å². The van der Waals surface area contributed by atoms with Crippen LogP contribution < -0.4 is 0 Å². The van der Waals surface area contributed by atoms with E-state index in [0.717, 1.165) is 27.8 Å². The number of aromatic nitrogens is 1. The van der Waals surface area contributed by atoms with Crippen molar-refractivity contribution in [1.29, 1.82) is 0 Å². The Kier molecular flexibility index (Phi) is 7.88. The third-order valence-electron chi connectivity index (χ3n) is 6.06. The molecule has 1 aliphatic rings. The fourth-order valence-electron chi connectivity index (χ4n) is 4.57. The van der Waals surface area contributed by atoms with Gasteiger partial charge in [0.15, 0.2) is 5.78 Å². The molecule has 5 rings (SSSR count). The Labute approximate surface area is 208 Å². The fourth-order valence-corrected chi connectivity index (χ4v) is 4.57. The first-order chi connectivity index (χ1) is 15.4. The van der Waals surface area contributed by atoms with Crippen LogP contribution in [0, 0.1) is 6.07 Å². The van der Waals surface area contributed by atoms with Crippen LogP contribution in [0.4, 0.5) is 0 Å². The predicted molar refractivity (Wildman–Crippen MR) is 129 cm³/mol. The number of carbonyl (C=O) groups excluding carboxylic acids is 1. The van der Waals surface area contributed by atoms with E-state index in [2.05, 4.69) is 43.1 Å². The van der Waals surface area contributed by atoms with E-state index in [4.69, 9.17) is 9.52 Å². The number of allylic oxidation sites excluding steroid dienone is 2. The number of hydrogen-bond donors (Lipinski definition) is 1. The molecule has 4 nitrogen and oxygen atoms in total. The zero-order valence-electron chi connectivity index (χ0n) is 19.3. The zero-order chi connectivity index (χ0) is 22.8.